The first-order valence-corrected chi connectivity index (χ1v) is 9.07. The van der Waals surface area contributed by atoms with Crippen LogP contribution in [0.3, 0.4) is 0 Å². The molecule has 0 spiro atoms. The molecule has 0 atom stereocenters. The first-order valence-electron chi connectivity index (χ1n) is 7.81. The zero-order valence-electron chi connectivity index (χ0n) is 13.3. The summed E-state index contributed by atoms with van der Waals surface area (Å²) in [6.07, 6.45) is 2.59. The number of aromatic nitrogens is 1. The fourth-order valence-electron chi connectivity index (χ4n) is 2.39. The number of aryl methyl sites for hydroxylation is 1. The van der Waals surface area contributed by atoms with E-state index < -0.39 is 5.82 Å². The fourth-order valence-corrected chi connectivity index (χ4v) is 3.28. The van der Waals surface area contributed by atoms with Crippen molar-refractivity contribution in [3.8, 4) is 10.6 Å². The lowest BCUT2D eigenvalue weighted by Gasteiger charge is -2.07. The minimum Gasteiger partial charge on any atom is -0.352 e. The van der Waals surface area contributed by atoms with Crippen molar-refractivity contribution in [3.63, 3.8) is 0 Å². The highest BCUT2D eigenvalue weighted by atomic mass is 35.5. The van der Waals surface area contributed by atoms with E-state index in [4.69, 9.17) is 11.6 Å². The Hall–Kier alpha value is -2.24. The van der Waals surface area contributed by atoms with Crippen LogP contribution in [0.15, 0.2) is 54.0 Å². The normalized spacial score (nSPS) is 10.6. The van der Waals surface area contributed by atoms with Crippen molar-refractivity contribution in [3.05, 3.63) is 76.0 Å². The van der Waals surface area contributed by atoms with E-state index in [1.807, 2.05) is 29.6 Å². The van der Waals surface area contributed by atoms with E-state index in [9.17, 15) is 9.18 Å². The Morgan fingerprint density at radius 1 is 1.20 bits per heavy atom. The molecule has 0 aliphatic rings. The van der Waals surface area contributed by atoms with Crippen molar-refractivity contribution in [1.82, 2.24) is 10.3 Å². The molecule has 0 radical (unpaired) electrons. The van der Waals surface area contributed by atoms with Gasteiger partial charge in [-0.05, 0) is 53.3 Å². The van der Waals surface area contributed by atoms with Gasteiger partial charge in [0, 0.05) is 19.2 Å². The van der Waals surface area contributed by atoms with Gasteiger partial charge in [0.25, 0.3) is 0 Å². The van der Waals surface area contributed by atoms with Crippen LogP contribution in [-0.2, 0) is 17.8 Å². The van der Waals surface area contributed by atoms with Gasteiger partial charge in [-0.15, -0.1) is 11.3 Å². The van der Waals surface area contributed by atoms with Crippen LogP contribution in [-0.4, -0.2) is 10.9 Å². The monoisotopic (exact) mass is 374 g/mol. The largest absolute Gasteiger partial charge is 0.352 e. The zero-order valence-corrected chi connectivity index (χ0v) is 14.9. The Morgan fingerprint density at radius 3 is 2.84 bits per heavy atom. The van der Waals surface area contributed by atoms with E-state index >= 15 is 0 Å². The highest BCUT2D eigenvalue weighted by Crippen LogP contribution is 2.23. The van der Waals surface area contributed by atoms with Gasteiger partial charge in [-0.1, -0.05) is 23.7 Å². The number of benzene rings is 1. The third kappa shape index (κ3) is 4.87. The third-order valence-corrected chi connectivity index (χ3v) is 4.89. The van der Waals surface area contributed by atoms with Gasteiger partial charge in [0.15, 0.2) is 0 Å². The highest BCUT2D eigenvalue weighted by Gasteiger charge is 2.06. The number of hydrogen-bond donors (Lipinski definition) is 1. The fraction of sp³-hybridized carbons (Fsp3) is 0.158. The minimum absolute atomic E-state index is 0.0602. The van der Waals surface area contributed by atoms with Gasteiger partial charge in [-0.2, -0.15) is 0 Å². The number of halogens is 2. The molecule has 0 aliphatic carbocycles. The lowest BCUT2D eigenvalue weighted by atomic mass is 10.1. The van der Waals surface area contributed by atoms with E-state index in [-0.39, 0.29) is 10.9 Å². The van der Waals surface area contributed by atoms with Crippen LogP contribution in [0, 0.1) is 5.82 Å². The van der Waals surface area contributed by atoms with Gasteiger partial charge in [-0.3, -0.25) is 9.78 Å². The molecule has 2 aromatic heterocycles. The third-order valence-electron chi connectivity index (χ3n) is 3.71. The number of carbonyl (C=O) groups excluding carboxylic acids is 1. The van der Waals surface area contributed by atoms with Crippen LogP contribution >= 0.6 is 22.9 Å². The van der Waals surface area contributed by atoms with Crippen molar-refractivity contribution < 1.29 is 9.18 Å². The van der Waals surface area contributed by atoms with E-state index in [2.05, 4.69) is 10.3 Å². The van der Waals surface area contributed by atoms with Gasteiger partial charge < -0.3 is 5.32 Å². The van der Waals surface area contributed by atoms with Crippen LogP contribution in [0.1, 0.15) is 17.5 Å². The van der Waals surface area contributed by atoms with Gasteiger partial charge in [0.1, 0.15) is 5.82 Å². The first-order chi connectivity index (χ1) is 12.1. The molecular formula is C19H16ClFN2OS. The molecule has 1 amide bonds. The Labute approximate surface area is 154 Å². The SMILES string of the molecule is O=C(CCc1ccc(F)c(Cl)c1)NCc1ccnc(-c2cccs2)c1. The van der Waals surface area contributed by atoms with Crippen LogP contribution in [0.2, 0.25) is 5.02 Å². The van der Waals surface area contributed by atoms with E-state index in [0.717, 1.165) is 21.7 Å². The molecule has 128 valence electrons. The summed E-state index contributed by atoms with van der Waals surface area (Å²) in [7, 11) is 0. The van der Waals surface area contributed by atoms with Crippen LogP contribution in [0.4, 0.5) is 4.39 Å². The van der Waals surface area contributed by atoms with Gasteiger partial charge >= 0.3 is 0 Å². The molecule has 25 heavy (non-hydrogen) atoms. The maximum Gasteiger partial charge on any atom is 0.220 e. The summed E-state index contributed by atoms with van der Waals surface area (Å²) in [6.45, 7) is 0.448. The van der Waals surface area contributed by atoms with Crippen LogP contribution in [0.25, 0.3) is 10.6 Å². The standard InChI is InChI=1S/C19H16ClFN2OS/c20-15-10-13(3-5-16(15)21)4-6-19(24)23-12-14-7-8-22-17(11-14)18-2-1-9-25-18/h1-3,5,7-11H,4,6,12H2,(H,23,24). The number of nitrogens with zero attached hydrogens (tertiary/aromatic N) is 1. The quantitative estimate of drug-likeness (QED) is 0.670. The van der Waals surface area contributed by atoms with Gasteiger partial charge in [0.05, 0.1) is 15.6 Å². The Balaban J connectivity index is 1.52. The number of carbonyl (C=O) groups is 1. The number of nitrogens with one attached hydrogen (secondary N) is 1. The second kappa shape index (κ2) is 8.23. The maximum atomic E-state index is 13.1. The van der Waals surface area contributed by atoms with Crippen LogP contribution < -0.4 is 5.32 Å². The van der Waals surface area contributed by atoms with Crippen LogP contribution in [0.5, 0.6) is 0 Å². The summed E-state index contributed by atoms with van der Waals surface area (Å²) in [4.78, 5) is 17.5. The molecule has 6 heteroatoms. The average Bonchev–Trinajstić information content (AvgIpc) is 3.16. The number of thiophene rings is 1. The smallest absolute Gasteiger partial charge is 0.220 e. The van der Waals surface area contributed by atoms with Gasteiger partial charge in [0.2, 0.25) is 5.91 Å². The Kier molecular flexibility index (Phi) is 5.79. The lowest BCUT2D eigenvalue weighted by Crippen LogP contribution is -2.23. The van der Waals surface area contributed by atoms with E-state index in [1.54, 1.807) is 29.7 Å². The van der Waals surface area contributed by atoms with E-state index in [1.165, 1.54) is 6.07 Å². The molecule has 1 aromatic carbocycles. The minimum atomic E-state index is -0.450. The molecule has 0 bridgehead atoms. The Bertz CT molecular complexity index is 868. The predicted molar refractivity (Wildman–Crippen MR) is 99.1 cm³/mol. The second-order valence-corrected chi connectivity index (χ2v) is 6.91. The molecular weight excluding hydrogens is 359 g/mol. The topological polar surface area (TPSA) is 42.0 Å². The maximum absolute atomic E-state index is 13.1. The number of hydrogen-bond acceptors (Lipinski definition) is 3. The predicted octanol–water partition coefficient (Wildman–Crippen LogP) is 4.85. The molecule has 0 fully saturated rings. The summed E-state index contributed by atoms with van der Waals surface area (Å²) in [5, 5.41) is 4.98. The summed E-state index contributed by atoms with van der Waals surface area (Å²) < 4.78 is 13.1. The molecule has 3 rings (SSSR count). The molecule has 3 aromatic rings. The first kappa shape index (κ1) is 17.6. The Morgan fingerprint density at radius 2 is 2.08 bits per heavy atom. The summed E-state index contributed by atoms with van der Waals surface area (Å²) in [6, 6.07) is 12.4. The number of pyridine rings is 1. The summed E-state index contributed by atoms with van der Waals surface area (Å²) in [5.41, 5.74) is 2.74. The molecule has 1 N–H and O–H groups in total. The molecule has 3 nitrogen and oxygen atoms in total. The number of rotatable bonds is 6. The van der Waals surface area contributed by atoms with Gasteiger partial charge in [-0.25, -0.2) is 4.39 Å². The summed E-state index contributed by atoms with van der Waals surface area (Å²) >= 11 is 7.38. The molecule has 0 saturated carbocycles. The average molecular weight is 375 g/mol. The lowest BCUT2D eigenvalue weighted by molar-refractivity contribution is -0.121. The molecule has 2 heterocycles. The van der Waals surface area contributed by atoms with Crippen molar-refractivity contribution in [2.75, 3.05) is 0 Å². The molecule has 0 aliphatic heterocycles. The van der Waals surface area contributed by atoms with Crippen molar-refractivity contribution >= 4 is 28.8 Å². The highest BCUT2D eigenvalue weighted by molar-refractivity contribution is 7.13. The van der Waals surface area contributed by atoms with Crippen molar-refractivity contribution in [2.45, 2.75) is 19.4 Å². The van der Waals surface area contributed by atoms with Crippen molar-refractivity contribution in [1.29, 1.82) is 0 Å². The van der Waals surface area contributed by atoms with E-state index in [0.29, 0.717) is 19.4 Å². The second-order valence-electron chi connectivity index (χ2n) is 5.55. The zero-order chi connectivity index (χ0) is 17.6. The molecule has 0 saturated heterocycles. The van der Waals surface area contributed by atoms with Crippen molar-refractivity contribution in [2.24, 2.45) is 0 Å². The summed E-state index contributed by atoms with van der Waals surface area (Å²) in [5.74, 6) is -0.510. The number of amides is 1. The molecule has 0 unspecified atom stereocenters.